The summed E-state index contributed by atoms with van der Waals surface area (Å²) in [7, 11) is -4.61. The van der Waals surface area contributed by atoms with Crippen molar-refractivity contribution in [1.29, 1.82) is 0 Å². The van der Waals surface area contributed by atoms with Crippen LogP contribution in [0.3, 0.4) is 0 Å². The first kappa shape index (κ1) is 33.5. The van der Waals surface area contributed by atoms with Gasteiger partial charge in [0.15, 0.2) is 12.2 Å². The lowest BCUT2D eigenvalue weighted by Crippen LogP contribution is -2.15. The quantitative estimate of drug-likeness (QED) is 0.112. The predicted molar refractivity (Wildman–Crippen MR) is 165 cm³/mol. The molecule has 0 bridgehead atoms. The molecule has 2 aromatic heterocycles. The number of aromatic nitrogens is 4. The number of benzene rings is 2. The first-order valence-electron chi connectivity index (χ1n) is 13.1. The maximum Gasteiger partial charge on any atom is 0.332 e. The normalized spacial score (nSPS) is 13.0. The van der Waals surface area contributed by atoms with Crippen LogP contribution in [0.5, 0.6) is 11.5 Å². The van der Waals surface area contributed by atoms with Crippen LogP contribution in [0.4, 0.5) is 11.4 Å². The van der Waals surface area contributed by atoms with Crippen LogP contribution in [0.1, 0.15) is 34.7 Å². The number of methoxy groups -OCH3 is 2. The first-order chi connectivity index (χ1) is 21.8. The Balaban J connectivity index is 1.56. The highest BCUT2D eigenvalue weighted by Gasteiger charge is 2.25. The second kappa shape index (κ2) is 14.2. The van der Waals surface area contributed by atoms with Crippen LogP contribution in [0.2, 0.25) is 0 Å². The number of anilines is 2. The number of carbonyl (C=O) groups excluding carboxylic acids is 2. The van der Waals surface area contributed by atoms with Gasteiger partial charge in [-0.05, 0) is 24.3 Å². The molecule has 4 aromatic rings. The van der Waals surface area contributed by atoms with E-state index in [1.165, 1.54) is 63.5 Å². The van der Waals surface area contributed by atoms with Crippen molar-refractivity contribution in [2.45, 2.75) is 12.2 Å². The summed E-state index contributed by atoms with van der Waals surface area (Å²) in [5.41, 5.74) is 1.49. The molecule has 2 unspecified atom stereocenters. The third-order valence-electron chi connectivity index (χ3n) is 6.04. The van der Waals surface area contributed by atoms with Crippen molar-refractivity contribution >= 4 is 43.4 Å². The molecule has 2 atom stereocenters. The molecule has 18 heteroatoms. The smallest absolute Gasteiger partial charge is 0.332 e. The van der Waals surface area contributed by atoms with Crippen LogP contribution in [-0.4, -0.2) is 75.4 Å². The number of nitrogens with one attached hydrogen (secondary N) is 4. The van der Waals surface area contributed by atoms with Gasteiger partial charge in [0.05, 0.1) is 50.8 Å². The highest BCUT2D eigenvalue weighted by atomic mass is 32.2. The van der Waals surface area contributed by atoms with Gasteiger partial charge in [-0.1, -0.05) is 12.1 Å². The molecule has 0 aliphatic heterocycles. The predicted octanol–water partition coefficient (Wildman–Crippen LogP) is 2.41. The van der Waals surface area contributed by atoms with Crippen molar-refractivity contribution in [3.63, 3.8) is 0 Å². The zero-order chi connectivity index (χ0) is 33.5. The third-order valence-corrected chi connectivity index (χ3v) is 7.22. The molecule has 4 rings (SSSR count). The van der Waals surface area contributed by atoms with Gasteiger partial charge in [0.1, 0.15) is 22.9 Å². The minimum Gasteiger partial charge on any atom is -0.495 e. The van der Waals surface area contributed by atoms with E-state index in [0.29, 0.717) is 11.1 Å². The average molecular weight is 675 g/mol. The summed E-state index contributed by atoms with van der Waals surface area (Å²) >= 11 is 0. The molecular formula is C28H30N6O10S2. The lowest BCUT2D eigenvalue weighted by molar-refractivity contribution is -0.144. The zero-order valence-electron chi connectivity index (χ0n) is 24.9. The number of rotatable bonds is 14. The first-order valence-corrected chi connectivity index (χ1v) is 16.9. The highest BCUT2D eigenvalue weighted by molar-refractivity contribution is 7.92. The van der Waals surface area contributed by atoms with Crippen LogP contribution in [0.15, 0.2) is 73.6 Å². The van der Waals surface area contributed by atoms with Gasteiger partial charge in [0.2, 0.25) is 20.0 Å². The molecule has 0 spiro atoms. The number of ether oxygens (including phenoxy) is 4. The summed E-state index contributed by atoms with van der Waals surface area (Å²) < 4.78 is 73.9. The summed E-state index contributed by atoms with van der Waals surface area (Å²) in [5.74, 6) is -1.43. The van der Waals surface area contributed by atoms with Crippen molar-refractivity contribution in [3.8, 4) is 11.5 Å². The molecule has 0 aliphatic rings. The van der Waals surface area contributed by atoms with Crippen LogP contribution >= 0.6 is 0 Å². The number of hydrogen-bond acceptors (Lipinski definition) is 12. The molecule has 2 aromatic carbocycles. The zero-order valence-corrected chi connectivity index (χ0v) is 26.5. The molecule has 0 saturated carbocycles. The molecular weight excluding hydrogens is 644 g/mol. The van der Waals surface area contributed by atoms with Crippen molar-refractivity contribution in [2.24, 2.45) is 0 Å². The summed E-state index contributed by atoms with van der Waals surface area (Å²) in [5, 5.41) is 0. The minimum absolute atomic E-state index is 0.107. The fraction of sp³-hybridized carbons (Fsp3) is 0.214. The van der Waals surface area contributed by atoms with Gasteiger partial charge in [-0.15, -0.1) is 0 Å². The second-order valence-electron chi connectivity index (χ2n) is 9.62. The highest BCUT2D eigenvalue weighted by Crippen LogP contribution is 2.34. The largest absolute Gasteiger partial charge is 0.495 e. The molecule has 46 heavy (non-hydrogen) atoms. The maximum absolute atomic E-state index is 12.9. The van der Waals surface area contributed by atoms with Crippen molar-refractivity contribution in [1.82, 2.24) is 19.9 Å². The Morgan fingerprint density at radius 3 is 1.41 bits per heavy atom. The molecule has 16 nitrogen and oxygen atoms in total. The number of H-pyrrole nitrogens is 2. The maximum atomic E-state index is 12.9. The monoisotopic (exact) mass is 674 g/mol. The van der Waals surface area contributed by atoms with E-state index in [9.17, 15) is 26.4 Å². The van der Waals surface area contributed by atoms with Gasteiger partial charge in [-0.25, -0.2) is 36.4 Å². The van der Waals surface area contributed by atoms with Gasteiger partial charge < -0.3 is 28.9 Å². The van der Waals surface area contributed by atoms with Gasteiger partial charge in [0.25, 0.3) is 0 Å². The number of imidazole rings is 2. The third kappa shape index (κ3) is 9.08. The minimum atomic E-state index is -3.67. The molecule has 4 N–H and O–H groups in total. The Morgan fingerprint density at radius 2 is 1.11 bits per heavy atom. The lowest BCUT2D eigenvalue weighted by atomic mass is 10.1. The van der Waals surface area contributed by atoms with Crippen LogP contribution in [-0.2, 0) is 39.1 Å². The number of nitrogens with zero attached hydrogens (tertiary/aromatic N) is 2. The molecule has 0 radical (unpaired) electrons. The van der Waals surface area contributed by atoms with E-state index in [-0.39, 0.29) is 34.3 Å². The van der Waals surface area contributed by atoms with E-state index >= 15 is 0 Å². The Morgan fingerprint density at radius 1 is 0.717 bits per heavy atom. The number of carbonyl (C=O) groups is 2. The number of hydrogen-bond donors (Lipinski definition) is 4. The molecule has 2 heterocycles. The number of esters is 2. The van der Waals surface area contributed by atoms with Crippen LogP contribution < -0.4 is 18.9 Å². The fourth-order valence-corrected chi connectivity index (χ4v) is 5.33. The number of aromatic amines is 2. The standard InChI is InChI=1S/C28H30N6O10S2/c1-41-23-7-5-17(11-19(23)33-45(3,37)38)27(21-13-29-15-31-21)43-25(35)9-10-26(36)44-28(22-14-30-16-32-22)18-6-8-24(42-2)20(12-18)34-46(4,39)40/h5-16,27-28,33-34H,1-4H3,(H,29,31)(H,30,32)/b10-9+. The van der Waals surface area contributed by atoms with Crippen LogP contribution in [0.25, 0.3) is 0 Å². The Bertz CT molecular complexity index is 1790. The van der Waals surface area contributed by atoms with E-state index in [2.05, 4.69) is 29.4 Å². The topological polar surface area (TPSA) is 221 Å². The molecule has 0 fully saturated rings. The summed E-state index contributed by atoms with van der Waals surface area (Å²) in [6, 6.07) is 8.98. The lowest BCUT2D eigenvalue weighted by Gasteiger charge is -2.19. The van der Waals surface area contributed by atoms with E-state index < -0.39 is 44.2 Å². The average Bonchev–Trinajstić information content (AvgIpc) is 3.71. The van der Waals surface area contributed by atoms with Gasteiger partial charge in [0, 0.05) is 35.7 Å². The van der Waals surface area contributed by atoms with Crippen LogP contribution in [0, 0.1) is 0 Å². The number of sulfonamides is 2. The molecule has 0 saturated heterocycles. The molecule has 0 amide bonds. The Kier molecular flexibility index (Phi) is 10.3. The van der Waals surface area contributed by atoms with Gasteiger partial charge in [-0.3, -0.25) is 9.44 Å². The van der Waals surface area contributed by atoms with E-state index in [0.717, 1.165) is 24.7 Å². The summed E-state index contributed by atoms with van der Waals surface area (Å²) in [6.45, 7) is 0. The molecule has 244 valence electrons. The molecule has 0 aliphatic carbocycles. The van der Waals surface area contributed by atoms with Gasteiger partial charge in [-0.2, -0.15) is 0 Å². The van der Waals surface area contributed by atoms with E-state index in [1.54, 1.807) is 12.1 Å². The van der Waals surface area contributed by atoms with Crippen molar-refractivity contribution < 1.29 is 45.4 Å². The Labute approximate surface area is 264 Å². The SMILES string of the molecule is COc1ccc(C(OC(=O)/C=C/C(=O)OC(c2ccc(OC)c(NS(C)(=O)=O)c2)c2c[nH]cn2)c2c[nH]cn2)cc1NS(C)(=O)=O. The Hall–Kier alpha value is -5.36. The van der Waals surface area contributed by atoms with Crippen molar-refractivity contribution in [2.75, 3.05) is 36.2 Å². The fourth-order valence-electron chi connectivity index (χ4n) is 4.21. The van der Waals surface area contributed by atoms with E-state index in [4.69, 9.17) is 18.9 Å². The van der Waals surface area contributed by atoms with E-state index in [1.807, 2.05) is 0 Å². The van der Waals surface area contributed by atoms with Crippen molar-refractivity contribution in [3.05, 3.63) is 96.1 Å². The second-order valence-corrected chi connectivity index (χ2v) is 13.1. The summed E-state index contributed by atoms with van der Waals surface area (Å²) in [6.07, 6.45) is 7.16. The van der Waals surface area contributed by atoms with Gasteiger partial charge >= 0.3 is 11.9 Å². The summed E-state index contributed by atoms with van der Waals surface area (Å²) in [4.78, 5) is 39.7.